The van der Waals surface area contributed by atoms with Gasteiger partial charge in [-0.3, -0.25) is 14.4 Å². The highest BCUT2D eigenvalue weighted by Gasteiger charge is 2.75. The van der Waals surface area contributed by atoms with Crippen molar-refractivity contribution in [2.75, 3.05) is 6.61 Å². The molecule has 6 nitrogen and oxygen atoms in total. The van der Waals surface area contributed by atoms with Gasteiger partial charge in [0, 0.05) is 23.7 Å². The highest BCUT2D eigenvalue weighted by atomic mass is 79.9. The Kier molecular flexibility index (Phi) is 5.39. The fraction of sp³-hybridized carbons (Fsp3) is 0.696. The number of alkyl halides is 2. The maximum Gasteiger partial charge on any atom is 0.303 e. The second kappa shape index (κ2) is 7.27. The van der Waals surface area contributed by atoms with E-state index in [1.165, 1.54) is 13.0 Å². The number of Topliss-reactive ketones (excluding diaryl/α,β-unsaturated/α-hetero) is 1. The molecule has 8 atom stereocenters. The monoisotopic (exact) mass is 516 g/mol. The molecule has 0 heterocycles. The average molecular weight is 517 g/mol. The molecule has 3 fully saturated rings. The average Bonchev–Trinajstić information content (AvgIpc) is 2.96. The first kappa shape index (κ1) is 23.7. The van der Waals surface area contributed by atoms with Gasteiger partial charge in [-0.2, -0.15) is 0 Å². The molecular formula is C23H27BrF2O6. The van der Waals surface area contributed by atoms with Crippen molar-refractivity contribution in [2.24, 2.45) is 22.7 Å². The zero-order valence-corrected chi connectivity index (χ0v) is 19.7. The molecule has 32 heavy (non-hydrogen) atoms. The topological polar surface area (TPSA) is 101 Å². The number of allylic oxidation sites excluding steroid dienone is 4. The summed E-state index contributed by atoms with van der Waals surface area (Å²) in [6.07, 6.45) is -0.993. The van der Waals surface area contributed by atoms with Gasteiger partial charge >= 0.3 is 5.97 Å². The van der Waals surface area contributed by atoms with Crippen LogP contribution >= 0.6 is 15.9 Å². The summed E-state index contributed by atoms with van der Waals surface area (Å²) >= 11 is 3.13. The summed E-state index contributed by atoms with van der Waals surface area (Å²) in [7, 11) is 0. The standard InChI is InChI=1S/C23H27BrF2O6/c1-11(27)32-10-19(30)22(31)5-4-12-13-6-16(25)14-7-17(28)15(24)8-21(14,3)23(13,26)18(29)9-20(12,22)2/h7-8,12-13,16,18,29,31H,4-6,9-10H2,1-3H3/t12-,13-,16+,18-,20-,21-,22-,23-/m0/s1. The lowest BCUT2D eigenvalue weighted by Crippen LogP contribution is -2.70. The number of fused-ring (bicyclic) bond motifs is 5. The van der Waals surface area contributed by atoms with E-state index in [1.807, 2.05) is 0 Å². The number of esters is 1. The van der Waals surface area contributed by atoms with Crippen LogP contribution in [0.2, 0.25) is 0 Å². The number of carbonyl (C=O) groups excluding carboxylic acids is 3. The summed E-state index contributed by atoms with van der Waals surface area (Å²) in [6.45, 7) is 3.64. The Balaban J connectivity index is 1.77. The minimum atomic E-state index is -2.30. The SMILES string of the molecule is CC(=O)OCC(=O)[C@@]1(O)CC[C@H]2[C@@H]3C[C@@H](F)C4=CC(=O)C(Br)=C[C@]4(C)[C@@]3(F)[C@@H](O)C[C@@]21C. The van der Waals surface area contributed by atoms with Gasteiger partial charge in [0.05, 0.1) is 10.6 Å². The van der Waals surface area contributed by atoms with Crippen LogP contribution in [0, 0.1) is 22.7 Å². The minimum Gasteiger partial charge on any atom is -0.458 e. The van der Waals surface area contributed by atoms with Crippen LogP contribution in [0.5, 0.6) is 0 Å². The third kappa shape index (κ3) is 2.83. The fourth-order valence-corrected chi connectivity index (χ4v) is 7.58. The number of aliphatic hydroxyl groups excluding tert-OH is 1. The van der Waals surface area contributed by atoms with Gasteiger partial charge in [-0.1, -0.05) is 13.0 Å². The number of ether oxygens (including phenoxy) is 1. The van der Waals surface area contributed by atoms with E-state index in [1.54, 1.807) is 6.92 Å². The molecule has 0 radical (unpaired) electrons. The molecule has 4 aliphatic rings. The van der Waals surface area contributed by atoms with Crippen molar-refractivity contribution in [1.29, 1.82) is 0 Å². The van der Waals surface area contributed by atoms with Crippen LogP contribution in [0.4, 0.5) is 8.78 Å². The van der Waals surface area contributed by atoms with Gasteiger partial charge in [0.25, 0.3) is 0 Å². The van der Waals surface area contributed by atoms with E-state index in [0.717, 1.165) is 13.0 Å². The highest BCUT2D eigenvalue weighted by molar-refractivity contribution is 9.12. The lowest BCUT2D eigenvalue weighted by atomic mass is 9.44. The van der Waals surface area contributed by atoms with Gasteiger partial charge < -0.3 is 14.9 Å². The highest BCUT2D eigenvalue weighted by Crippen LogP contribution is 2.70. The molecule has 0 spiro atoms. The van der Waals surface area contributed by atoms with Crippen LogP contribution in [0.3, 0.4) is 0 Å². The zero-order valence-electron chi connectivity index (χ0n) is 18.2. The number of hydrogen-bond donors (Lipinski definition) is 2. The Hall–Kier alpha value is -1.45. The van der Waals surface area contributed by atoms with Crippen molar-refractivity contribution in [3.05, 3.63) is 22.2 Å². The number of ketones is 2. The molecule has 4 aliphatic carbocycles. The van der Waals surface area contributed by atoms with Crippen LogP contribution in [0.1, 0.15) is 46.5 Å². The predicted octanol–water partition coefficient (Wildman–Crippen LogP) is 2.89. The summed E-state index contributed by atoms with van der Waals surface area (Å²) in [5.41, 5.74) is -7.02. The first-order valence-electron chi connectivity index (χ1n) is 10.8. The second-order valence-corrected chi connectivity index (χ2v) is 10.9. The molecule has 0 aromatic carbocycles. The summed E-state index contributed by atoms with van der Waals surface area (Å²) < 4.78 is 37.3. The molecule has 0 aromatic rings. The van der Waals surface area contributed by atoms with Gasteiger partial charge in [0.2, 0.25) is 5.78 Å². The smallest absolute Gasteiger partial charge is 0.303 e. The molecule has 3 saturated carbocycles. The second-order valence-electron chi connectivity index (χ2n) is 10.1. The van der Waals surface area contributed by atoms with E-state index in [0.29, 0.717) is 0 Å². The van der Waals surface area contributed by atoms with E-state index in [-0.39, 0.29) is 35.7 Å². The lowest BCUT2D eigenvalue weighted by Gasteiger charge is -2.63. The number of halogens is 3. The first-order chi connectivity index (χ1) is 14.7. The molecule has 2 N–H and O–H groups in total. The molecule has 9 heteroatoms. The summed E-state index contributed by atoms with van der Waals surface area (Å²) in [4.78, 5) is 36.2. The van der Waals surface area contributed by atoms with E-state index in [9.17, 15) is 24.6 Å². The zero-order chi connectivity index (χ0) is 23.9. The lowest BCUT2D eigenvalue weighted by molar-refractivity contribution is -0.222. The van der Waals surface area contributed by atoms with Crippen molar-refractivity contribution < 1.29 is 38.1 Å². The van der Waals surface area contributed by atoms with Crippen LogP contribution in [0.25, 0.3) is 0 Å². The first-order valence-corrected chi connectivity index (χ1v) is 11.6. The number of carbonyl (C=O) groups is 3. The minimum absolute atomic E-state index is 0.00193. The quantitative estimate of drug-likeness (QED) is 0.559. The van der Waals surface area contributed by atoms with Crippen molar-refractivity contribution in [2.45, 2.75) is 70.0 Å². The summed E-state index contributed by atoms with van der Waals surface area (Å²) in [5, 5.41) is 22.6. The van der Waals surface area contributed by atoms with Crippen LogP contribution in [0.15, 0.2) is 22.2 Å². The normalized spacial score (nSPS) is 47.6. The van der Waals surface area contributed by atoms with Gasteiger partial charge in [-0.05, 0) is 66.1 Å². The Morgan fingerprint density at radius 1 is 1.31 bits per heavy atom. The summed E-state index contributed by atoms with van der Waals surface area (Å²) in [6, 6.07) is 0. The largest absolute Gasteiger partial charge is 0.458 e. The maximum absolute atomic E-state index is 17.0. The van der Waals surface area contributed by atoms with Gasteiger partial charge in [-0.25, -0.2) is 8.78 Å². The van der Waals surface area contributed by atoms with E-state index >= 15 is 8.78 Å². The van der Waals surface area contributed by atoms with Crippen molar-refractivity contribution in [3.63, 3.8) is 0 Å². The molecule has 0 aliphatic heterocycles. The molecule has 0 amide bonds. The van der Waals surface area contributed by atoms with Gasteiger partial charge in [-0.15, -0.1) is 0 Å². The van der Waals surface area contributed by atoms with Crippen molar-refractivity contribution in [1.82, 2.24) is 0 Å². The van der Waals surface area contributed by atoms with Crippen LogP contribution in [-0.4, -0.2) is 57.9 Å². The Morgan fingerprint density at radius 3 is 2.59 bits per heavy atom. The number of aliphatic hydroxyl groups is 2. The third-order valence-electron chi connectivity index (χ3n) is 8.71. The van der Waals surface area contributed by atoms with Crippen LogP contribution < -0.4 is 0 Å². The predicted molar refractivity (Wildman–Crippen MR) is 113 cm³/mol. The molecule has 0 saturated heterocycles. The Labute approximate surface area is 193 Å². The number of rotatable bonds is 3. The Bertz CT molecular complexity index is 964. The van der Waals surface area contributed by atoms with Gasteiger partial charge in [0.1, 0.15) is 11.8 Å². The van der Waals surface area contributed by atoms with E-state index < -0.39 is 70.4 Å². The molecule has 0 unspecified atom stereocenters. The van der Waals surface area contributed by atoms with Crippen molar-refractivity contribution >= 4 is 33.5 Å². The molecule has 0 aromatic heterocycles. The molecule has 176 valence electrons. The maximum atomic E-state index is 17.0. The van der Waals surface area contributed by atoms with E-state index in [4.69, 9.17) is 4.74 Å². The fourth-order valence-electron chi connectivity index (χ4n) is 7.01. The summed E-state index contributed by atoms with van der Waals surface area (Å²) in [5.74, 6) is -3.42. The molecule has 4 rings (SSSR count). The van der Waals surface area contributed by atoms with Crippen molar-refractivity contribution in [3.8, 4) is 0 Å². The number of hydrogen-bond acceptors (Lipinski definition) is 6. The molecule has 0 bridgehead atoms. The third-order valence-corrected chi connectivity index (χ3v) is 9.33. The Morgan fingerprint density at radius 2 is 1.97 bits per heavy atom. The molecular weight excluding hydrogens is 490 g/mol. The van der Waals surface area contributed by atoms with Gasteiger partial charge in [0.15, 0.2) is 18.1 Å². The van der Waals surface area contributed by atoms with E-state index in [2.05, 4.69) is 15.9 Å². The van der Waals surface area contributed by atoms with Crippen LogP contribution in [-0.2, 0) is 19.1 Å².